The van der Waals surface area contributed by atoms with Crippen LogP contribution in [0.15, 0.2) is 60.7 Å². The van der Waals surface area contributed by atoms with E-state index in [1.165, 1.54) is 48.4 Å². The third kappa shape index (κ3) is 12.6. The number of carboxylic acid groups (broad SMARTS) is 1. The average Bonchev–Trinajstić information content (AvgIpc) is 3.43. The van der Waals surface area contributed by atoms with Crippen LogP contribution in [0, 0.1) is 28.4 Å². The van der Waals surface area contributed by atoms with Gasteiger partial charge in [0.2, 0.25) is 0 Å². The van der Waals surface area contributed by atoms with Crippen LogP contribution in [0.5, 0.6) is 5.75 Å². The number of ether oxygens (including phenoxy) is 1. The van der Waals surface area contributed by atoms with Gasteiger partial charge < -0.3 is 20.1 Å². The van der Waals surface area contributed by atoms with E-state index in [1.54, 1.807) is 18.2 Å². The van der Waals surface area contributed by atoms with Crippen molar-refractivity contribution in [1.29, 1.82) is 5.26 Å². The number of carboxylic acids is 1. The Labute approximate surface area is 274 Å². The summed E-state index contributed by atoms with van der Waals surface area (Å²) in [6.45, 7) is 13.2. The molecule has 3 aromatic rings. The average molecular weight is 665 g/mol. The molecule has 2 N–H and O–H groups in total. The lowest BCUT2D eigenvalue weighted by Crippen LogP contribution is -2.40. The van der Waals surface area contributed by atoms with Crippen molar-refractivity contribution >= 4 is 35.2 Å². The number of methoxy groups -OCH3 is 1. The molecule has 7 nitrogen and oxygen atoms in total. The zero-order chi connectivity index (χ0) is 34.4. The first kappa shape index (κ1) is 39.2. The van der Waals surface area contributed by atoms with Gasteiger partial charge in [0, 0.05) is 30.2 Å². The molecule has 244 valence electrons. The molecule has 0 saturated carbocycles. The number of carbonyl (C=O) groups is 2. The van der Waals surface area contributed by atoms with Gasteiger partial charge in [0.1, 0.15) is 28.4 Å². The number of nitriles is 1. The monoisotopic (exact) mass is 663 g/mol. The molecule has 3 aromatic carbocycles. The number of nitrogens with zero attached hydrogens (tertiary/aromatic N) is 2. The van der Waals surface area contributed by atoms with E-state index < -0.39 is 23.2 Å². The molecule has 2 amide bonds. The molecule has 1 unspecified atom stereocenters. The highest BCUT2D eigenvalue weighted by atomic mass is 35.5. The highest BCUT2D eigenvalue weighted by Gasteiger charge is 2.43. The van der Waals surface area contributed by atoms with E-state index >= 15 is 0 Å². The SMILES string of the molecule is CC.CC(C)(C)C.COc1cc(CNC(=O)N2CCC(C#N)(c3ccc(Cl)cc3F)C2)ccc1C(=O)O.Fc1ccccc1Cl. The van der Waals surface area contributed by atoms with Gasteiger partial charge in [-0.25, -0.2) is 18.4 Å². The van der Waals surface area contributed by atoms with Crippen LogP contribution in [0.25, 0.3) is 0 Å². The maximum Gasteiger partial charge on any atom is 0.339 e. The quantitative estimate of drug-likeness (QED) is 0.283. The van der Waals surface area contributed by atoms with E-state index in [-0.39, 0.29) is 45.8 Å². The molecule has 1 aliphatic heterocycles. The molecule has 1 fully saturated rings. The number of carbonyl (C=O) groups excluding carboxylic acids is 1. The first-order valence-corrected chi connectivity index (χ1v) is 15.1. The molecule has 1 saturated heterocycles. The molecule has 1 atom stereocenters. The van der Waals surface area contributed by atoms with Crippen LogP contribution in [-0.4, -0.2) is 42.2 Å². The fourth-order valence-electron chi connectivity index (χ4n) is 3.98. The van der Waals surface area contributed by atoms with Crippen LogP contribution in [0.4, 0.5) is 13.6 Å². The zero-order valence-corrected chi connectivity index (χ0v) is 28.2. The number of urea groups is 1. The summed E-state index contributed by atoms with van der Waals surface area (Å²) >= 11 is 11.1. The van der Waals surface area contributed by atoms with E-state index in [1.807, 2.05) is 13.8 Å². The molecule has 0 spiro atoms. The molecule has 0 bridgehead atoms. The summed E-state index contributed by atoms with van der Waals surface area (Å²) in [6, 6.07) is 16.6. The summed E-state index contributed by atoms with van der Waals surface area (Å²) in [5, 5.41) is 22.0. The first-order chi connectivity index (χ1) is 21.1. The summed E-state index contributed by atoms with van der Waals surface area (Å²) < 4.78 is 31.7. The molecular weight excluding hydrogens is 623 g/mol. The van der Waals surface area contributed by atoms with Crippen LogP contribution in [0.2, 0.25) is 10.0 Å². The van der Waals surface area contributed by atoms with E-state index in [9.17, 15) is 23.6 Å². The van der Waals surface area contributed by atoms with Crippen LogP contribution >= 0.6 is 23.2 Å². The molecule has 1 heterocycles. The summed E-state index contributed by atoms with van der Waals surface area (Å²) in [4.78, 5) is 25.2. The van der Waals surface area contributed by atoms with E-state index in [4.69, 9.17) is 33.0 Å². The minimum atomic E-state index is -1.14. The number of hydrogen-bond acceptors (Lipinski definition) is 4. The number of amides is 2. The van der Waals surface area contributed by atoms with Crippen molar-refractivity contribution in [2.24, 2.45) is 5.41 Å². The fraction of sp³-hybridized carbons (Fsp3) is 0.382. The second kappa shape index (κ2) is 18.2. The molecule has 11 heteroatoms. The maximum absolute atomic E-state index is 14.4. The number of likely N-dealkylation sites (tertiary alicyclic amines) is 1. The predicted molar refractivity (Wildman–Crippen MR) is 175 cm³/mol. The smallest absolute Gasteiger partial charge is 0.339 e. The molecule has 45 heavy (non-hydrogen) atoms. The van der Waals surface area contributed by atoms with Gasteiger partial charge >= 0.3 is 12.0 Å². The topological polar surface area (TPSA) is 103 Å². The van der Waals surface area contributed by atoms with Gasteiger partial charge in [-0.15, -0.1) is 0 Å². The number of benzene rings is 3. The highest BCUT2D eigenvalue weighted by Crippen LogP contribution is 2.36. The van der Waals surface area contributed by atoms with E-state index in [0.29, 0.717) is 23.9 Å². The maximum atomic E-state index is 14.4. The van der Waals surface area contributed by atoms with Crippen LogP contribution < -0.4 is 10.1 Å². The Kier molecular flexibility index (Phi) is 15.8. The lowest BCUT2D eigenvalue weighted by Gasteiger charge is -2.23. The molecule has 0 aliphatic carbocycles. The van der Waals surface area contributed by atoms with Crippen molar-refractivity contribution in [1.82, 2.24) is 10.2 Å². The lowest BCUT2D eigenvalue weighted by atomic mass is 9.81. The summed E-state index contributed by atoms with van der Waals surface area (Å²) in [6.07, 6.45) is 0.302. The van der Waals surface area contributed by atoms with Gasteiger partial charge in [-0.05, 0) is 53.8 Å². The number of hydrogen-bond donors (Lipinski definition) is 2. The van der Waals surface area contributed by atoms with Gasteiger partial charge in [0.05, 0.1) is 18.2 Å². The Hall–Kier alpha value is -3.87. The minimum absolute atomic E-state index is 0.0240. The molecule has 1 aliphatic rings. The second-order valence-corrected chi connectivity index (χ2v) is 12.2. The highest BCUT2D eigenvalue weighted by molar-refractivity contribution is 6.30. The summed E-state index contributed by atoms with van der Waals surface area (Å²) in [5.41, 5.74) is 0.257. The number of rotatable bonds is 5. The number of aromatic carboxylic acids is 1. The van der Waals surface area contributed by atoms with E-state index in [0.717, 1.165) is 6.07 Å². The van der Waals surface area contributed by atoms with Crippen molar-refractivity contribution in [3.63, 3.8) is 0 Å². The van der Waals surface area contributed by atoms with Gasteiger partial charge in [-0.3, -0.25) is 0 Å². The lowest BCUT2D eigenvalue weighted by molar-refractivity contribution is 0.0693. The summed E-state index contributed by atoms with van der Waals surface area (Å²) in [5.74, 6) is -1.86. The van der Waals surface area contributed by atoms with Crippen molar-refractivity contribution < 1.29 is 28.2 Å². The van der Waals surface area contributed by atoms with E-state index in [2.05, 4.69) is 39.1 Å². The number of halogens is 4. The molecule has 4 rings (SSSR count). The predicted octanol–water partition coefficient (Wildman–Crippen LogP) is 9.12. The van der Waals surface area contributed by atoms with Gasteiger partial charge in [-0.1, -0.05) is 89.0 Å². The van der Waals surface area contributed by atoms with Gasteiger partial charge in [-0.2, -0.15) is 5.26 Å². The molecule has 0 radical (unpaired) electrons. The van der Waals surface area contributed by atoms with Crippen LogP contribution in [0.3, 0.4) is 0 Å². The summed E-state index contributed by atoms with van der Waals surface area (Å²) in [7, 11) is 1.37. The van der Waals surface area contributed by atoms with Crippen molar-refractivity contribution in [3.8, 4) is 11.8 Å². The standard InChI is InChI=1S/C21H19ClFN3O4.C6H4ClF.C5H12.C2H6/c1-30-18-8-13(2-4-15(18)19(27)28)10-25-20(29)26-7-6-21(11-24,12-26)16-5-3-14(22)9-17(16)23;7-5-3-1-2-4-6(5)8;1-5(2,3)4;1-2/h2-5,8-9H,6-7,10,12H2,1H3,(H,25,29)(H,27,28);1-4H;1-4H3;1-2H3. The normalized spacial score (nSPS) is 15.1. The van der Waals surface area contributed by atoms with Gasteiger partial charge in [0.15, 0.2) is 0 Å². The second-order valence-electron chi connectivity index (χ2n) is 11.4. The Balaban J connectivity index is 0.000000556. The Bertz CT molecular complexity index is 1450. The Morgan fingerprint density at radius 1 is 1.04 bits per heavy atom. The minimum Gasteiger partial charge on any atom is -0.496 e. The van der Waals surface area contributed by atoms with Crippen LogP contribution in [-0.2, 0) is 12.0 Å². The number of nitrogens with one attached hydrogen (secondary N) is 1. The van der Waals surface area contributed by atoms with Crippen LogP contribution in [0.1, 0.15) is 69.4 Å². The first-order valence-electron chi connectivity index (χ1n) is 14.3. The van der Waals surface area contributed by atoms with Crippen molar-refractivity contribution in [2.45, 2.75) is 59.9 Å². The zero-order valence-electron chi connectivity index (χ0n) is 26.7. The largest absolute Gasteiger partial charge is 0.496 e. The van der Waals surface area contributed by atoms with Gasteiger partial charge in [0.25, 0.3) is 0 Å². The third-order valence-corrected chi connectivity index (χ3v) is 6.52. The molecular formula is C34H41Cl2F2N3O4. The van der Waals surface area contributed by atoms with Crippen molar-refractivity contribution in [2.75, 3.05) is 20.2 Å². The third-order valence-electron chi connectivity index (χ3n) is 5.98. The molecule has 0 aromatic heterocycles. The Morgan fingerprint density at radius 2 is 1.67 bits per heavy atom. The Morgan fingerprint density at radius 3 is 2.16 bits per heavy atom. The van der Waals surface area contributed by atoms with Crippen molar-refractivity contribution in [3.05, 3.63) is 99.0 Å². The fourth-order valence-corrected chi connectivity index (χ4v) is 4.28.